The normalized spacial score (nSPS) is 14.7. The molecule has 1 saturated carbocycles. The van der Waals surface area contributed by atoms with Gasteiger partial charge in [-0.05, 0) is 25.0 Å². The van der Waals surface area contributed by atoms with Gasteiger partial charge in [0.1, 0.15) is 12.4 Å². The van der Waals surface area contributed by atoms with Crippen LogP contribution in [0.3, 0.4) is 0 Å². The molecule has 1 aliphatic rings. The van der Waals surface area contributed by atoms with E-state index in [9.17, 15) is 0 Å². The molecule has 2 aromatic rings. The van der Waals surface area contributed by atoms with Crippen LogP contribution in [0.1, 0.15) is 30.3 Å². The Labute approximate surface area is 106 Å². The quantitative estimate of drug-likeness (QED) is 0.868. The van der Waals surface area contributed by atoms with Crippen molar-refractivity contribution in [3.8, 4) is 5.75 Å². The second-order valence-corrected chi connectivity index (χ2v) is 4.50. The summed E-state index contributed by atoms with van der Waals surface area (Å²) in [6.07, 6.45) is 7.94. The summed E-state index contributed by atoms with van der Waals surface area (Å²) in [6.45, 7) is 0.981. The van der Waals surface area contributed by atoms with E-state index in [2.05, 4.69) is 14.5 Å². The molecule has 0 unspecified atom stereocenters. The molecule has 18 heavy (non-hydrogen) atoms. The van der Waals surface area contributed by atoms with Crippen molar-refractivity contribution in [2.45, 2.75) is 32.0 Å². The van der Waals surface area contributed by atoms with Crippen molar-refractivity contribution >= 4 is 0 Å². The minimum absolute atomic E-state index is 0.453. The number of hydrogen-bond donors (Lipinski definition) is 1. The third kappa shape index (κ3) is 2.36. The molecule has 1 fully saturated rings. The molecular formula is C13H16N4O. The van der Waals surface area contributed by atoms with Crippen molar-refractivity contribution < 1.29 is 4.74 Å². The summed E-state index contributed by atoms with van der Waals surface area (Å²) in [5.41, 5.74) is 7.47. The maximum absolute atomic E-state index is 5.70. The smallest absolute Gasteiger partial charge is 0.138 e. The molecule has 0 bridgehead atoms. The Bertz CT molecular complexity index is 516. The average molecular weight is 244 g/mol. The van der Waals surface area contributed by atoms with Gasteiger partial charge < -0.3 is 15.0 Å². The van der Waals surface area contributed by atoms with E-state index in [1.807, 2.05) is 24.7 Å². The van der Waals surface area contributed by atoms with E-state index in [4.69, 9.17) is 10.5 Å². The zero-order valence-electron chi connectivity index (χ0n) is 10.1. The van der Waals surface area contributed by atoms with Gasteiger partial charge in [0.05, 0.1) is 30.1 Å². The van der Waals surface area contributed by atoms with Crippen molar-refractivity contribution in [1.29, 1.82) is 0 Å². The summed E-state index contributed by atoms with van der Waals surface area (Å²) in [6, 6.07) is 4.41. The molecule has 5 nitrogen and oxygen atoms in total. The lowest BCUT2D eigenvalue weighted by molar-refractivity contribution is 0.293. The van der Waals surface area contributed by atoms with E-state index >= 15 is 0 Å². The van der Waals surface area contributed by atoms with Gasteiger partial charge in [0.2, 0.25) is 0 Å². The molecule has 0 amide bonds. The molecule has 2 aromatic heterocycles. The lowest BCUT2D eigenvalue weighted by Gasteiger charge is -2.08. The molecular weight excluding hydrogens is 228 g/mol. The predicted molar refractivity (Wildman–Crippen MR) is 67.0 cm³/mol. The standard InChI is InChI=1S/C13H16N4O/c14-5-10-1-4-13(7-16-10)18-8-12-6-15-9-17(12)11-2-3-11/h1,4,6-7,9,11H,2-3,5,8,14H2. The highest BCUT2D eigenvalue weighted by atomic mass is 16.5. The lowest BCUT2D eigenvalue weighted by Crippen LogP contribution is -2.04. The molecule has 1 aliphatic carbocycles. The van der Waals surface area contributed by atoms with E-state index < -0.39 is 0 Å². The Morgan fingerprint density at radius 3 is 2.89 bits per heavy atom. The molecule has 0 saturated heterocycles. The van der Waals surface area contributed by atoms with E-state index in [0.29, 0.717) is 19.2 Å². The molecule has 0 radical (unpaired) electrons. The van der Waals surface area contributed by atoms with Crippen LogP contribution in [0, 0.1) is 0 Å². The number of ether oxygens (including phenoxy) is 1. The first-order valence-electron chi connectivity index (χ1n) is 6.15. The zero-order chi connectivity index (χ0) is 12.4. The highest BCUT2D eigenvalue weighted by Crippen LogP contribution is 2.35. The lowest BCUT2D eigenvalue weighted by atomic mass is 10.3. The van der Waals surface area contributed by atoms with Gasteiger partial charge in [-0.15, -0.1) is 0 Å². The SMILES string of the molecule is NCc1ccc(OCc2cncn2C2CC2)cn1. The summed E-state index contributed by atoms with van der Waals surface area (Å²) >= 11 is 0. The van der Waals surface area contributed by atoms with Crippen LogP contribution < -0.4 is 10.5 Å². The first-order valence-corrected chi connectivity index (χ1v) is 6.15. The predicted octanol–water partition coefficient (Wildman–Crippen LogP) is 1.65. The van der Waals surface area contributed by atoms with Crippen molar-refractivity contribution in [3.63, 3.8) is 0 Å². The minimum Gasteiger partial charge on any atom is -0.486 e. The maximum atomic E-state index is 5.70. The highest BCUT2D eigenvalue weighted by Gasteiger charge is 2.25. The summed E-state index contributed by atoms with van der Waals surface area (Å²) in [5, 5.41) is 0. The van der Waals surface area contributed by atoms with Crippen molar-refractivity contribution in [3.05, 3.63) is 42.2 Å². The van der Waals surface area contributed by atoms with Crippen molar-refractivity contribution in [2.75, 3.05) is 0 Å². The highest BCUT2D eigenvalue weighted by molar-refractivity contribution is 5.20. The van der Waals surface area contributed by atoms with Crippen LogP contribution in [0.5, 0.6) is 5.75 Å². The Hall–Kier alpha value is -1.88. The van der Waals surface area contributed by atoms with Crippen molar-refractivity contribution in [2.24, 2.45) is 5.73 Å². The number of nitrogens with two attached hydrogens (primary N) is 1. The molecule has 0 aromatic carbocycles. The molecule has 2 heterocycles. The van der Waals surface area contributed by atoms with Gasteiger partial charge in [0.15, 0.2) is 0 Å². The molecule has 2 N–H and O–H groups in total. The molecule has 5 heteroatoms. The van der Waals surface area contributed by atoms with Gasteiger partial charge in [-0.2, -0.15) is 0 Å². The molecule has 0 atom stereocenters. The second-order valence-electron chi connectivity index (χ2n) is 4.50. The van der Waals surface area contributed by atoms with E-state index in [-0.39, 0.29) is 0 Å². The third-order valence-electron chi connectivity index (χ3n) is 3.08. The first-order chi connectivity index (χ1) is 8.86. The van der Waals surface area contributed by atoms with Gasteiger partial charge >= 0.3 is 0 Å². The number of aromatic nitrogens is 3. The van der Waals surface area contributed by atoms with E-state index in [1.54, 1.807) is 6.20 Å². The average Bonchev–Trinajstić information content (AvgIpc) is 3.16. The van der Waals surface area contributed by atoms with Crippen LogP contribution in [0.2, 0.25) is 0 Å². The number of nitrogens with zero attached hydrogens (tertiary/aromatic N) is 3. The summed E-state index contributed by atoms with van der Waals surface area (Å²) < 4.78 is 7.90. The van der Waals surface area contributed by atoms with Gasteiger partial charge in [-0.25, -0.2) is 4.98 Å². The number of imidazole rings is 1. The fourth-order valence-electron chi connectivity index (χ4n) is 1.90. The van der Waals surface area contributed by atoms with E-state index in [0.717, 1.165) is 17.1 Å². The fourth-order valence-corrected chi connectivity index (χ4v) is 1.90. The second kappa shape index (κ2) is 4.78. The molecule has 94 valence electrons. The first kappa shape index (κ1) is 11.2. The Morgan fingerprint density at radius 2 is 2.22 bits per heavy atom. The fraction of sp³-hybridized carbons (Fsp3) is 0.385. The molecule has 3 rings (SSSR count). The Morgan fingerprint density at radius 1 is 1.33 bits per heavy atom. The van der Waals surface area contributed by atoms with Gasteiger partial charge in [0.25, 0.3) is 0 Å². The van der Waals surface area contributed by atoms with Crippen molar-refractivity contribution in [1.82, 2.24) is 14.5 Å². The summed E-state index contributed by atoms with van der Waals surface area (Å²) in [4.78, 5) is 8.37. The number of hydrogen-bond acceptors (Lipinski definition) is 4. The topological polar surface area (TPSA) is 66.0 Å². The van der Waals surface area contributed by atoms with Crippen LogP contribution in [-0.4, -0.2) is 14.5 Å². The number of pyridine rings is 1. The molecule has 0 aliphatic heterocycles. The summed E-state index contributed by atoms with van der Waals surface area (Å²) in [7, 11) is 0. The van der Waals surface area contributed by atoms with Crippen LogP contribution in [0.4, 0.5) is 0 Å². The monoisotopic (exact) mass is 244 g/mol. The zero-order valence-corrected chi connectivity index (χ0v) is 10.1. The van der Waals surface area contributed by atoms with Gasteiger partial charge in [-0.1, -0.05) is 0 Å². The Balaban J connectivity index is 1.64. The largest absolute Gasteiger partial charge is 0.486 e. The van der Waals surface area contributed by atoms with E-state index in [1.165, 1.54) is 12.8 Å². The Kier molecular flexibility index (Phi) is 2.98. The van der Waals surface area contributed by atoms with Crippen LogP contribution in [-0.2, 0) is 13.2 Å². The summed E-state index contributed by atoms with van der Waals surface area (Å²) in [5.74, 6) is 0.760. The number of rotatable bonds is 5. The van der Waals surface area contributed by atoms with Crippen LogP contribution in [0.25, 0.3) is 0 Å². The maximum Gasteiger partial charge on any atom is 0.138 e. The van der Waals surface area contributed by atoms with Crippen LogP contribution >= 0.6 is 0 Å². The third-order valence-corrected chi connectivity index (χ3v) is 3.08. The van der Waals surface area contributed by atoms with Crippen LogP contribution in [0.15, 0.2) is 30.9 Å². The molecule has 0 spiro atoms. The van der Waals surface area contributed by atoms with Gasteiger partial charge in [-0.3, -0.25) is 4.98 Å². The van der Waals surface area contributed by atoms with Gasteiger partial charge in [0, 0.05) is 12.6 Å². The minimum atomic E-state index is 0.453.